The molecule has 0 amide bonds. The molecule has 0 unspecified atom stereocenters. The predicted octanol–water partition coefficient (Wildman–Crippen LogP) is 8.10. The largest absolute Gasteiger partial charge is 0.481 e. The molecule has 1 heterocycles. The molecular formula is C28H23Br3N4O4. The first-order chi connectivity index (χ1) is 18.8. The number of nitro benzene ring substituents is 1. The Bertz CT molecular complexity index is 1650. The number of fused-ring (bicyclic) bond motifs is 1. The first-order valence-electron chi connectivity index (χ1n) is 12.4. The standard InChI is InChI=1S/C28H23Br3N4O4/c29-20-11-12-24-22(13-20)28(36)34(27(33-24)17-5-2-1-3-6-17)32-15-18-7-4-8-25(35(37)38)26(18)39-16-19-9-10-21(30)14-23(19)31/h4,7-15,17H,1-3,5-6,16H2. The Morgan fingerprint density at radius 3 is 2.54 bits per heavy atom. The Balaban J connectivity index is 1.58. The predicted molar refractivity (Wildman–Crippen MR) is 162 cm³/mol. The number of ether oxygens (including phenoxy) is 1. The smallest absolute Gasteiger partial charge is 0.311 e. The van der Waals surface area contributed by atoms with Crippen molar-refractivity contribution in [1.82, 2.24) is 9.66 Å². The van der Waals surface area contributed by atoms with Crippen LogP contribution in [0.15, 0.2) is 77.9 Å². The number of nitro groups is 1. The molecule has 0 saturated heterocycles. The first kappa shape index (κ1) is 27.7. The third kappa shape index (κ3) is 6.15. The Labute approximate surface area is 249 Å². The number of para-hydroxylation sites is 1. The van der Waals surface area contributed by atoms with Gasteiger partial charge in [-0.05, 0) is 49.2 Å². The van der Waals surface area contributed by atoms with Gasteiger partial charge in [-0.25, -0.2) is 4.98 Å². The van der Waals surface area contributed by atoms with Crippen LogP contribution in [0.25, 0.3) is 10.9 Å². The zero-order valence-electron chi connectivity index (χ0n) is 20.6. The molecular weight excluding hydrogens is 696 g/mol. The molecule has 1 aromatic heterocycles. The van der Waals surface area contributed by atoms with Gasteiger partial charge in [0.15, 0.2) is 0 Å². The third-order valence-electron chi connectivity index (χ3n) is 6.72. The minimum atomic E-state index is -0.488. The number of hydrogen-bond donors (Lipinski definition) is 0. The van der Waals surface area contributed by atoms with Gasteiger partial charge >= 0.3 is 5.69 Å². The average Bonchev–Trinajstić information content (AvgIpc) is 2.93. The Hall–Kier alpha value is -2.89. The van der Waals surface area contributed by atoms with E-state index in [1.807, 2.05) is 30.3 Å². The van der Waals surface area contributed by atoms with Gasteiger partial charge in [0, 0.05) is 36.5 Å². The van der Waals surface area contributed by atoms with Gasteiger partial charge in [-0.1, -0.05) is 79.2 Å². The van der Waals surface area contributed by atoms with Gasteiger partial charge in [0.25, 0.3) is 5.56 Å². The first-order valence-corrected chi connectivity index (χ1v) is 14.8. The molecule has 8 nitrogen and oxygen atoms in total. The number of halogens is 3. The number of benzene rings is 3. The van der Waals surface area contributed by atoms with Crippen molar-refractivity contribution < 1.29 is 9.66 Å². The zero-order valence-corrected chi connectivity index (χ0v) is 25.4. The van der Waals surface area contributed by atoms with Gasteiger partial charge in [0.1, 0.15) is 12.4 Å². The normalized spacial score (nSPS) is 14.2. The van der Waals surface area contributed by atoms with Crippen molar-refractivity contribution in [1.29, 1.82) is 0 Å². The van der Waals surface area contributed by atoms with E-state index in [2.05, 4.69) is 52.9 Å². The van der Waals surface area contributed by atoms with Crippen molar-refractivity contribution in [2.45, 2.75) is 44.6 Å². The lowest BCUT2D eigenvalue weighted by atomic mass is 9.88. The van der Waals surface area contributed by atoms with Gasteiger partial charge in [-0.2, -0.15) is 9.78 Å². The summed E-state index contributed by atoms with van der Waals surface area (Å²) in [7, 11) is 0. The second-order valence-corrected chi connectivity index (χ2v) is 12.0. The highest BCUT2D eigenvalue weighted by Gasteiger charge is 2.23. The molecule has 0 atom stereocenters. The Morgan fingerprint density at radius 1 is 1.05 bits per heavy atom. The van der Waals surface area contributed by atoms with Crippen molar-refractivity contribution >= 4 is 70.6 Å². The summed E-state index contributed by atoms with van der Waals surface area (Å²) in [5.74, 6) is 0.787. The lowest BCUT2D eigenvalue weighted by Gasteiger charge is -2.22. The van der Waals surface area contributed by atoms with Crippen LogP contribution in [0.1, 0.15) is 55.0 Å². The SMILES string of the molecule is O=c1c2cc(Br)ccc2nc(C2CCCCC2)n1N=Cc1cccc([N+](=O)[O-])c1OCc1ccc(Br)cc1Br. The molecule has 1 fully saturated rings. The van der Waals surface area contributed by atoms with Crippen LogP contribution in [-0.4, -0.2) is 20.8 Å². The highest BCUT2D eigenvalue weighted by atomic mass is 79.9. The summed E-state index contributed by atoms with van der Waals surface area (Å²) in [6.45, 7) is 0.0956. The van der Waals surface area contributed by atoms with Crippen molar-refractivity contribution in [2.24, 2.45) is 5.10 Å². The van der Waals surface area contributed by atoms with Gasteiger partial charge < -0.3 is 4.74 Å². The Kier molecular flexibility index (Phi) is 8.58. The van der Waals surface area contributed by atoms with Crippen LogP contribution in [-0.2, 0) is 6.61 Å². The molecule has 0 N–H and O–H groups in total. The van der Waals surface area contributed by atoms with Crippen LogP contribution in [0.4, 0.5) is 5.69 Å². The lowest BCUT2D eigenvalue weighted by Crippen LogP contribution is -2.25. The maximum Gasteiger partial charge on any atom is 0.311 e. The molecule has 4 aromatic rings. The number of nitrogens with zero attached hydrogens (tertiary/aromatic N) is 4. The molecule has 3 aromatic carbocycles. The van der Waals surface area contributed by atoms with E-state index in [1.54, 1.807) is 18.2 Å². The van der Waals surface area contributed by atoms with Gasteiger partial charge in [-0.15, -0.1) is 0 Å². The van der Waals surface area contributed by atoms with Crippen LogP contribution < -0.4 is 10.3 Å². The fraction of sp³-hybridized carbons (Fsp3) is 0.250. The molecule has 11 heteroatoms. The summed E-state index contributed by atoms with van der Waals surface area (Å²) < 4.78 is 9.82. The molecule has 0 bridgehead atoms. The second-order valence-electron chi connectivity index (χ2n) is 9.30. The molecule has 0 radical (unpaired) electrons. The van der Waals surface area contributed by atoms with Gasteiger partial charge in [0.05, 0.1) is 22.0 Å². The topological polar surface area (TPSA) is 99.6 Å². The van der Waals surface area contributed by atoms with Crippen LogP contribution >= 0.6 is 47.8 Å². The van der Waals surface area contributed by atoms with E-state index in [1.165, 1.54) is 17.0 Å². The third-order valence-corrected chi connectivity index (χ3v) is 8.45. The maximum atomic E-state index is 13.6. The van der Waals surface area contributed by atoms with E-state index in [-0.39, 0.29) is 29.5 Å². The molecule has 5 rings (SSSR count). The molecule has 1 aliphatic rings. The number of aromatic nitrogens is 2. The van der Waals surface area contributed by atoms with Crippen molar-refractivity contribution in [3.8, 4) is 5.75 Å². The number of hydrogen-bond acceptors (Lipinski definition) is 6. The van der Waals surface area contributed by atoms with E-state index < -0.39 is 4.92 Å². The van der Waals surface area contributed by atoms with Crippen LogP contribution in [0.3, 0.4) is 0 Å². The van der Waals surface area contributed by atoms with E-state index >= 15 is 0 Å². The van der Waals surface area contributed by atoms with Gasteiger partial charge in [-0.3, -0.25) is 14.9 Å². The summed E-state index contributed by atoms with van der Waals surface area (Å²) in [5.41, 5.74) is 1.35. The number of rotatable bonds is 7. The van der Waals surface area contributed by atoms with E-state index in [0.717, 1.165) is 51.1 Å². The summed E-state index contributed by atoms with van der Waals surface area (Å²) in [5, 5.41) is 16.9. The summed E-state index contributed by atoms with van der Waals surface area (Å²) in [6.07, 6.45) is 6.59. The van der Waals surface area contributed by atoms with Crippen molar-refractivity contribution in [3.63, 3.8) is 0 Å². The molecule has 1 saturated carbocycles. The highest BCUT2D eigenvalue weighted by molar-refractivity contribution is 9.11. The maximum absolute atomic E-state index is 13.6. The highest BCUT2D eigenvalue weighted by Crippen LogP contribution is 2.34. The quantitative estimate of drug-likeness (QED) is 0.109. The van der Waals surface area contributed by atoms with E-state index in [4.69, 9.17) is 9.72 Å². The van der Waals surface area contributed by atoms with Crippen molar-refractivity contribution in [3.05, 3.63) is 105 Å². The monoisotopic (exact) mass is 716 g/mol. The van der Waals surface area contributed by atoms with Crippen molar-refractivity contribution in [2.75, 3.05) is 0 Å². The summed E-state index contributed by atoms with van der Waals surface area (Å²) in [6, 6.07) is 15.7. The van der Waals surface area contributed by atoms with E-state index in [9.17, 15) is 14.9 Å². The second kappa shape index (κ2) is 12.1. The molecule has 200 valence electrons. The summed E-state index contributed by atoms with van der Waals surface area (Å²) >= 11 is 10.4. The summed E-state index contributed by atoms with van der Waals surface area (Å²) in [4.78, 5) is 29.9. The average molecular weight is 719 g/mol. The molecule has 39 heavy (non-hydrogen) atoms. The fourth-order valence-corrected chi connectivity index (χ4v) is 6.28. The minimum absolute atomic E-state index is 0.0739. The fourth-order valence-electron chi connectivity index (χ4n) is 4.76. The Morgan fingerprint density at radius 2 is 1.79 bits per heavy atom. The van der Waals surface area contributed by atoms with Crippen LogP contribution in [0.5, 0.6) is 5.75 Å². The minimum Gasteiger partial charge on any atom is -0.481 e. The molecule has 0 aliphatic heterocycles. The zero-order chi connectivity index (χ0) is 27.5. The van der Waals surface area contributed by atoms with E-state index in [0.29, 0.717) is 22.3 Å². The molecule has 1 aliphatic carbocycles. The van der Waals surface area contributed by atoms with Crippen LogP contribution in [0, 0.1) is 10.1 Å². The van der Waals surface area contributed by atoms with Crippen LogP contribution in [0.2, 0.25) is 0 Å². The molecule has 0 spiro atoms. The van der Waals surface area contributed by atoms with Gasteiger partial charge in [0.2, 0.25) is 5.75 Å². The lowest BCUT2D eigenvalue weighted by molar-refractivity contribution is -0.386.